The zero-order chi connectivity index (χ0) is 17.6. The van der Waals surface area contributed by atoms with Crippen molar-refractivity contribution in [3.05, 3.63) is 30.5 Å². The molecule has 1 atom stereocenters. The monoisotopic (exact) mass is 340 g/mol. The first-order valence-corrected chi connectivity index (χ1v) is 7.27. The van der Waals surface area contributed by atoms with Crippen LogP contribution in [0.4, 0.5) is 24.7 Å². The number of anilines is 2. The number of pyridine rings is 1. The molecule has 2 amide bonds. The molecule has 6 nitrogen and oxygen atoms in total. The van der Waals surface area contributed by atoms with Crippen molar-refractivity contribution >= 4 is 23.3 Å². The Morgan fingerprint density at radius 3 is 2.75 bits per heavy atom. The maximum atomic E-state index is 12.9. The van der Waals surface area contributed by atoms with E-state index in [4.69, 9.17) is 0 Å². The van der Waals surface area contributed by atoms with Crippen LogP contribution >= 0.6 is 0 Å². The molecule has 0 unspecified atom stereocenters. The van der Waals surface area contributed by atoms with E-state index in [0.29, 0.717) is 18.9 Å². The maximum absolute atomic E-state index is 12.9. The van der Waals surface area contributed by atoms with Crippen LogP contribution < -0.4 is 9.80 Å². The third kappa shape index (κ3) is 2.49. The van der Waals surface area contributed by atoms with Crippen LogP contribution in [0.25, 0.3) is 0 Å². The molecule has 2 aliphatic rings. The molecule has 24 heavy (non-hydrogen) atoms. The highest BCUT2D eigenvalue weighted by Crippen LogP contribution is 2.39. The van der Waals surface area contributed by atoms with Gasteiger partial charge in [0, 0.05) is 26.3 Å². The highest BCUT2D eigenvalue weighted by Gasteiger charge is 2.43. The minimum absolute atomic E-state index is 0.120. The van der Waals surface area contributed by atoms with Gasteiger partial charge in [-0.3, -0.25) is 9.59 Å². The second-order valence-electron chi connectivity index (χ2n) is 5.66. The van der Waals surface area contributed by atoms with Crippen LogP contribution in [0.1, 0.15) is 5.56 Å². The number of carbonyl (C=O) groups is 2. The van der Waals surface area contributed by atoms with Crippen molar-refractivity contribution in [3.63, 3.8) is 0 Å². The number of fused-ring (bicyclic) bond motifs is 3. The van der Waals surface area contributed by atoms with E-state index in [9.17, 15) is 22.8 Å². The molecule has 0 bridgehead atoms. The first kappa shape index (κ1) is 16.3. The molecule has 0 radical (unpaired) electrons. The lowest BCUT2D eigenvalue weighted by atomic mass is 10.0. The number of rotatable bonds is 1. The maximum Gasteiger partial charge on any atom is 0.417 e. The van der Waals surface area contributed by atoms with E-state index in [2.05, 4.69) is 11.6 Å². The van der Waals surface area contributed by atoms with Gasteiger partial charge in [0.05, 0.1) is 17.8 Å². The summed E-state index contributed by atoms with van der Waals surface area (Å²) in [5, 5.41) is 0. The third-order valence-corrected chi connectivity index (χ3v) is 4.29. The van der Waals surface area contributed by atoms with Gasteiger partial charge in [-0.05, 0) is 12.1 Å². The molecule has 0 saturated carbocycles. The van der Waals surface area contributed by atoms with Crippen molar-refractivity contribution in [2.75, 3.05) is 36.5 Å². The summed E-state index contributed by atoms with van der Waals surface area (Å²) in [7, 11) is 1.41. The molecule has 1 aromatic heterocycles. The number of hydrogen-bond acceptors (Lipinski definition) is 4. The SMILES string of the molecule is C=CC(=O)N1CCN2c3ncc(C(F)(F)F)cc3N(C)C(=O)[C@H]2C1. The molecule has 1 fully saturated rings. The largest absolute Gasteiger partial charge is 0.417 e. The van der Waals surface area contributed by atoms with E-state index < -0.39 is 17.8 Å². The molecular formula is C15H15F3N4O2. The van der Waals surface area contributed by atoms with Crippen LogP contribution in [0.15, 0.2) is 24.9 Å². The number of nitrogens with zero attached hydrogens (tertiary/aromatic N) is 4. The fourth-order valence-electron chi connectivity index (χ4n) is 2.99. The van der Waals surface area contributed by atoms with E-state index in [1.165, 1.54) is 22.9 Å². The number of alkyl halides is 3. The third-order valence-electron chi connectivity index (χ3n) is 4.29. The predicted molar refractivity (Wildman–Crippen MR) is 80.6 cm³/mol. The fraction of sp³-hybridized carbons (Fsp3) is 0.400. The summed E-state index contributed by atoms with van der Waals surface area (Å²) in [4.78, 5) is 32.6. The van der Waals surface area contributed by atoms with Crippen molar-refractivity contribution in [2.24, 2.45) is 0 Å². The van der Waals surface area contributed by atoms with Crippen LogP contribution in [0, 0.1) is 0 Å². The van der Waals surface area contributed by atoms with Gasteiger partial charge in [0.25, 0.3) is 5.91 Å². The molecule has 9 heteroatoms. The Kier molecular flexibility index (Phi) is 3.73. The second-order valence-corrected chi connectivity index (χ2v) is 5.66. The molecule has 0 aliphatic carbocycles. The van der Waals surface area contributed by atoms with Crippen molar-refractivity contribution in [3.8, 4) is 0 Å². The van der Waals surface area contributed by atoms with Gasteiger partial charge in [0.1, 0.15) is 6.04 Å². The van der Waals surface area contributed by atoms with Crippen LogP contribution in [-0.4, -0.2) is 54.4 Å². The molecular weight excluding hydrogens is 325 g/mol. The summed E-state index contributed by atoms with van der Waals surface area (Å²) in [6.45, 7) is 4.23. The number of aromatic nitrogens is 1. The van der Waals surface area contributed by atoms with Gasteiger partial charge in [-0.25, -0.2) is 4.98 Å². The topological polar surface area (TPSA) is 56.8 Å². The normalized spacial score (nSPS) is 20.6. The van der Waals surface area contributed by atoms with Crippen LogP contribution in [0.3, 0.4) is 0 Å². The summed E-state index contributed by atoms with van der Waals surface area (Å²) >= 11 is 0. The number of piperazine rings is 1. The smallest absolute Gasteiger partial charge is 0.339 e. The first-order chi connectivity index (χ1) is 11.2. The summed E-state index contributed by atoms with van der Waals surface area (Å²) in [5.74, 6) is -0.331. The Morgan fingerprint density at radius 2 is 2.12 bits per heavy atom. The van der Waals surface area contributed by atoms with E-state index >= 15 is 0 Å². The highest BCUT2D eigenvalue weighted by atomic mass is 19.4. The Labute approximate surface area is 136 Å². The Morgan fingerprint density at radius 1 is 1.42 bits per heavy atom. The Bertz CT molecular complexity index is 719. The van der Waals surface area contributed by atoms with Gasteiger partial charge in [-0.2, -0.15) is 13.2 Å². The minimum Gasteiger partial charge on any atom is -0.339 e. The first-order valence-electron chi connectivity index (χ1n) is 7.27. The number of hydrogen-bond donors (Lipinski definition) is 0. The Hall–Kier alpha value is -2.58. The van der Waals surface area contributed by atoms with Crippen molar-refractivity contribution in [2.45, 2.75) is 12.2 Å². The van der Waals surface area contributed by atoms with E-state index in [-0.39, 0.29) is 24.0 Å². The van der Waals surface area contributed by atoms with Crippen molar-refractivity contribution in [1.82, 2.24) is 9.88 Å². The summed E-state index contributed by atoms with van der Waals surface area (Å²) < 4.78 is 38.7. The summed E-state index contributed by atoms with van der Waals surface area (Å²) in [6, 6.07) is 0.266. The Balaban J connectivity index is 1.98. The minimum atomic E-state index is -4.53. The van der Waals surface area contributed by atoms with E-state index in [1.54, 1.807) is 4.90 Å². The standard InChI is InChI=1S/C15H15F3N4O2/c1-3-12(23)21-4-5-22-11(8-21)14(24)20(2)10-6-9(15(16,17)18)7-19-13(10)22/h3,6-7,11H,1,4-5,8H2,2H3/t11-/m1/s1. The predicted octanol–water partition coefficient (Wildman–Crippen LogP) is 1.28. The van der Waals surface area contributed by atoms with Gasteiger partial charge in [0.15, 0.2) is 5.82 Å². The quantitative estimate of drug-likeness (QED) is 0.723. The number of amides is 2. The molecule has 0 spiro atoms. The number of likely N-dealkylation sites (N-methyl/N-ethyl adjacent to an activating group) is 1. The fourth-order valence-corrected chi connectivity index (χ4v) is 2.99. The number of carbonyl (C=O) groups excluding carboxylic acids is 2. The number of halogens is 3. The van der Waals surface area contributed by atoms with Crippen LogP contribution in [0.5, 0.6) is 0 Å². The molecule has 1 saturated heterocycles. The average molecular weight is 340 g/mol. The van der Waals surface area contributed by atoms with Gasteiger partial charge in [0.2, 0.25) is 5.91 Å². The molecule has 0 N–H and O–H groups in total. The van der Waals surface area contributed by atoms with Crippen LogP contribution in [0.2, 0.25) is 0 Å². The van der Waals surface area contributed by atoms with Crippen molar-refractivity contribution < 1.29 is 22.8 Å². The zero-order valence-electron chi connectivity index (χ0n) is 12.9. The second kappa shape index (κ2) is 5.50. The van der Waals surface area contributed by atoms with Gasteiger partial charge in [-0.15, -0.1) is 0 Å². The summed E-state index contributed by atoms with van der Waals surface area (Å²) in [5.41, 5.74) is -0.783. The van der Waals surface area contributed by atoms with Crippen molar-refractivity contribution in [1.29, 1.82) is 0 Å². The summed E-state index contributed by atoms with van der Waals surface area (Å²) in [6.07, 6.45) is -2.59. The molecule has 3 heterocycles. The molecule has 1 aromatic rings. The van der Waals surface area contributed by atoms with E-state index in [1.807, 2.05) is 0 Å². The van der Waals surface area contributed by atoms with Gasteiger partial charge >= 0.3 is 6.18 Å². The molecule has 128 valence electrons. The van der Waals surface area contributed by atoms with Gasteiger partial charge in [-0.1, -0.05) is 6.58 Å². The average Bonchev–Trinajstić information content (AvgIpc) is 2.57. The molecule has 0 aromatic carbocycles. The lowest BCUT2D eigenvalue weighted by Crippen LogP contribution is -2.63. The van der Waals surface area contributed by atoms with Gasteiger partial charge < -0.3 is 14.7 Å². The lowest BCUT2D eigenvalue weighted by molar-refractivity contribution is -0.138. The zero-order valence-corrected chi connectivity index (χ0v) is 12.9. The molecule has 2 aliphatic heterocycles. The molecule has 3 rings (SSSR count). The lowest BCUT2D eigenvalue weighted by Gasteiger charge is -2.46. The van der Waals surface area contributed by atoms with E-state index in [0.717, 1.165) is 12.3 Å². The highest BCUT2D eigenvalue weighted by molar-refractivity contribution is 6.05. The van der Waals surface area contributed by atoms with Crippen LogP contribution in [-0.2, 0) is 15.8 Å².